The van der Waals surface area contributed by atoms with Crippen LogP contribution in [0.5, 0.6) is 11.5 Å². The number of ether oxygens (including phenoxy) is 2. The van der Waals surface area contributed by atoms with Crippen molar-refractivity contribution in [1.82, 2.24) is 5.32 Å². The molecule has 0 unspecified atom stereocenters. The van der Waals surface area contributed by atoms with E-state index in [0.717, 1.165) is 29.0 Å². The van der Waals surface area contributed by atoms with Gasteiger partial charge >= 0.3 is 0 Å². The Hall–Kier alpha value is -1.42. The van der Waals surface area contributed by atoms with Gasteiger partial charge in [-0.3, -0.25) is 4.79 Å². The second-order valence-electron chi connectivity index (χ2n) is 3.84. The molecule has 0 spiro atoms. The third-order valence-corrected chi connectivity index (χ3v) is 2.89. The maximum Gasteiger partial charge on any atom is 0.231 e. The van der Waals surface area contributed by atoms with Gasteiger partial charge < -0.3 is 14.8 Å². The number of halogens is 1. The average Bonchev–Trinajstić information content (AvgIpc) is 2.74. The molecule has 0 fully saturated rings. The van der Waals surface area contributed by atoms with Gasteiger partial charge in [-0.2, -0.15) is 0 Å². The van der Waals surface area contributed by atoms with Crippen molar-refractivity contribution in [3.05, 3.63) is 23.3 Å². The molecule has 0 bridgehead atoms. The Morgan fingerprint density at radius 1 is 1.35 bits per heavy atom. The van der Waals surface area contributed by atoms with Crippen LogP contribution in [0.4, 0.5) is 0 Å². The number of nitrogens with one attached hydrogen (secondary N) is 1. The summed E-state index contributed by atoms with van der Waals surface area (Å²) < 4.78 is 10.6. The molecule has 1 aromatic rings. The molecule has 0 saturated carbocycles. The second-order valence-corrected chi connectivity index (χ2v) is 4.11. The first-order valence-corrected chi connectivity index (χ1v) is 5.96. The van der Waals surface area contributed by atoms with Gasteiger partial charge in [0.25, 0.3) is 0 Å². The fraction of sp³-hybridized carbons (Fsp3) is 0.417. The van der Waals surface area contributed by atoms with Gasteiger partial charge in [0, 0.05) is 19.3 Å². The van der Waals surface area contributed by atoms with Crippen LogP contribution in [0.15, 0.2) is 12.1 Å². The van der Waals surface area contributed by atoms with Crippen molar-refractivity contribution in [3.63, 3.8) is 0 Å². The third kappa shape index (κ3) is 2.82. The largest absolute Gasteiger partial charge is 0.454 e. The summed E-state index contributed by atoms with van der Waals surface area (Å²) in [6.45, 7) is 2.35. The lowest BCUT2D eigenvalue weighted by molar-refractivity contribution is -0.118. The number of alkyl halides is 1. The molecule has 2 rings (SSSR count). The van der Waals surface area contributed by atoms with Gasteiger partial charge in [0.15, 0.2) is 11.5 Å². The van der Waals surface area contributed by atoms with Crippen LogP contribution in [0.3, 0.4) is 0 Å². The van der Waals surface area contributed by atoms with Gasteiger partial charge in [-0.15, -0.1) is 11.6 Å². The van der Waals surface area contributed by atoms with Crippen molar-refractivity contribution in [2.45, 2.75) is 19.2 Å². The fourth-order valence-electron chi connectivity index (χ4n) is 1.76. The number of benzene rings is 1. The topological polar surface area (TPSA) is 47.6 Å². The van der Waals surface area contributed by atoms with Gasteiger partial charge in [0.05, 0.1) is 0 Å². The molecule has 0 atom stereocenters. The summed E-state index contributed by atoms with van der Waals surface area (Å²) >= 11 is 5.89. The molecule has 1 aliphatic heterocycles. The van der Waals surface area contributed by atoms with Crippen molar-refractivity contribution >= 4 is 17.5 Å². The zero-order valence-corrected chi connectivity index (χ0v) is 10.3. The van der Waals surface area contributed by atoms with Gasteiger partial charge in [0.1, 0.15) is 0 Å². The summed E-state index contributed by atoms with van der Waals surface area (Å²) in [5.41, 5.74) is 2.10. The third-order valence-electron chi connectivity index (χ3n) is 2.61. The van der Waals surface area contributed by atoms with E-state index in [4.69, 9.17) is 21.1 Å². The summed E-state index contributed by atoms with van der Waals surface area (Å²) in [5, 5.41) is 2.76. The van der Waals surface area contributed by atoms with Crippen LogP contribution in [0.2, 0.25) is 0 Å². The summed E-state index contributed by atoms with van der Waals surface area (Å²) in [5.74, 6) is 1.88. The molecule has 1 aliphatic rings. The molecule has 1 aromatic carbocycles. The molecule has 1 amide bonds. The minimum Gasteiger partial charge on any atom is -0.454 e. The molecule has 1 heterocycles. The predicted octanol–water partition coefficient (Wildman–Crippen LogP) is 1.83. The number of hydrogen-bond acceptors (Lipinski definition) is 3. The summed E-state index contributed by atoms with van der Waals surface area (Å²) in [6.07, 6.45) is 0.734. The molecule has 92 valence electrons. The Labute approximate surface area is 105 Å². The average molecular weight is 256 g/mol. The number of carbonyl (C=O) groups excluding carboxylic acids is 1. The second kappa shape index (κ2) is 5.27. The van der Waals surface area contributed by atoms with Gasteiger partial charge in [-0.25, -0.2) is 0 Å². The lowest BCUT2D eigenvalue weighted by Gasteiger charge is -2.09. The molecular weight excluding hydrogens is 242 g/mol. The molecule has 0 saturated heterocycles. The van der Waals surface area contributed by atoms with E-state index in [1.165, 1.54) is 6.92 Å². The first-order chi connectivity index (χ1) is 8.20. The first kappa shape index (κ1) is 12.0. The maximum atomic E-state index is 10.8. The number of amides is 1. The van der Waals surface area contributed by atoms with E-state index >= 15 is 0 Å². The van der Waals surface area contributed by atoms with Crippen molar-refractivity contribution in [1.29, 1.82) is 0 Å². The Morgan fingerprint density at radius 2 is 2.00 bits per heavy atom. The number of rotatable bonds is 4. The summed E-state index contributed by atoms with van der Waals surface area (Å²) in [6, 6.07) is 3.83. The van der Waals surface area contributed by atoms with E-state index in [2.05, 4.69) is 5.32 Å². The Bertz CT molecular complexity index is 434. The predicted molar refractivity (Wildman–Crippen MR) is 64.5 cm³/mol. The smallest absolute Gasteiger partial charge is 0.231 e. The molecular formula is C12H14ClNO3. The SMILES string of the molecule is CC(=O)NCCc1cc2c(cc1CCl)OCO2. The zero-order chi connectivity index (χ0) is 12.3. The molecule has 0 radical (unpaired) electrons. The van der Waals surface area contributed by atoms with Gasteiger partial charge in [-0.05, 0) is 29.7 Å². The van der Waals surface area contributed by atoms with Crippen LogP contribution in [0.1, 0.15) is 18.1 Å². The van der Waals surface area contributed by atoms with Crippen LogP contribution in [-0.2, 0) is 17.1 Å². The monoisotopic (exact) mass is 255 g/mol. The number of carbonyl (C=O) groups is 1. The first-order valence-electron chi connectivity index (χ1n) is 5.42. The zero-order valence-electron chi connectivity index (χ0n) is 9.59. The van der Waals surface area contributed by atoms with Crippen molar-refractivity contribution in [2.24, 2.45) is 0 Å². The van der Waals surface area contributed by atoms with Gasteiger partial charge in [-0.1, -0.05) is 0 Å². The Kier molecular flexibility index (Phi) is 3.74. The van der Waals surface area contributed by atoms with E-state index in [0.29, 0.717) is 12.4 Å². The van der Waals surface area contributed by atoms with Crippen LogP contribution in [0.25, 0.3) is 0 Å². The van der Waals surface area contributed by atoms with Crippen LogP contribution in [-0.4, -0.2) is 19.2 Å². The molecule has 4 nitrogen and oxygen atoms in total. The van der Waals surface area contributed by atoms with Crippen LogP contribution < -0.4 is 14.8 Å². The van der Waals surface area contributed by atoms with Crippen LogP contribution in [0, 0.1) is 0 Å². The van der Waals surface area contributed by atoms with E-state index in [9.17, 15) is 4.79 Å². The fourth-order valence-corrected chi connectivity index (χ4v) is 2.01. The lowest BCUT2D eigenvalue weighted by atomic mass is 10.0. The van der Waals surface area contributed by atoms with Crippen molar-refractivity contribution in [3.8, 4) is 11.5 Å². The highest BCUT2D eigenvalue weighted by atomic mass is 35.5. The highest BCUT2D eigenvalue weighted by Crippen LogP contribution is 2.35. The number of fused-ring (bicyclic) bond motifs is 1. The van der Waals surface area contributed by atoms with Crippen LogP contribution >= 0.6 is 11.6 Å². The molecule has 17 heavy (non-hydrogen) atoms. The minimum absolute atomic E-state index is 0.0295. The molecule has 1 N–H and O–H groups in total. The quantitative estimate of drug-likeness (QED) is 0.835. The highest BCUT2D eigenvalue weighted by Gasteiger charge is 2.16. The van der Waals surface area contributed by atoms with Gasteiger partial charge in [0.2, 0.25) is 12.7 Å². The van der Waals surface area contributed by atoms with E-state index < -0.39 is 0 Å². The lowest BCUT2D eigenvalue weighted by Crippen LogP contribution is -2.22. The standard InChI is InChI=1S/C12H14ClNO3/c1-8(15)14-3-2-9-4-11-12(17-7-16-11)5-10(9)6-13/h4-5H,2-3,6-7H2,1H3,(H,14,15). The minimum atomic E-state index is -0.0295. The molecule has 0 aromatic heterocycles. The summed E-state index contributed by atoms with van der Waals surface area (Å²) in [7, 11) is 0. The Balaban J connectivity index is 2.12. The summed E-state index contributed by atoms with van der Waals surface area (Å²) in [4.78, 5) is 10.8. The highest BCUT2D eigenvalue weighted by molar-refractivity contribution is 6.17. The van der Waals surface area contributed by atoms with Crippen molar-refractivity contribution in [2.75, 3.05) is 13.3 Å². The van der Waals surface area contributed by atoms with Crippen molar-refractivity contribution < 1.29 is 14.3 Å². The molecule has 0 aliphatic carbocycles. The maximum absolute atomic E-state index is 10.8. The van der Waals surface area contributed by atoms with E-state index in [-0.39, 0.29) is 12.7 Å². The Morgan fingerprint density at radius 3 is 2.59 bits per heavy atom. The number of hydrogen-bond donors (Lipinski definition) is 1. The van der Waals surface area contributed by atoms with E-state index in [1.807, 2.05) is 12.1 Å². The molecule has 5 heteroatoms. The normalized spacial score (nSPS) is 12.6. The van der Waals surface area contributed by atoms with E-state index in [1.54, 1.807) is 0 Å².